The zero-order valence-corrected chi connectivity index (χ0v) is 6.02. The summed E-state index contributed by atoms with van der Waals surface area (Å²) in [4.78, 5) is 0. The quantitative estimate of drug-likeness (QED) is 0.558. The minimum atomic E-state index is 0.602. The number of allylic oxidation sites excluding steroid dienone is 4. The van der Waals surface area contributed by atoms with Crippen LogP contribution in [0.1, 0.15) is 13.8 Å². The van der Waals surface area contributed by atoms with Crippen molar-refractivity contribution in [2.75, 3.05) is 0 Å². The van der Waals surface area contributed by atoms with Gasteiger partial charge in [0, 0.05) is 5.70 Å². The normalized spacial score (nSPS) is 12.4. The summed E-state index contributed by atoms with van der Waals surface area (Å²) >= 11 is 0. The zero-order chi connectivity index (χ0) is 7.28. The lowest BCUT2D eigenvalue weighted by molar-refractivity contribution is 1.39. The molecule has 0 bridgehead atoms. The van der Waals surface area contributed by atoms with Crippen LogP contribution in [0.15, 0.2) is 36.1 Å². The smallest absolute Gasteiger partial charge is 0.0243 e. The van der Waals surface area contributed by atoms with Crippen LogP contribution in [0.4, 0.5) is 0 Å². The Balaban J connectivity index is 4.00. The van der Waals surface area contributed by atoms with Crippen molar-refractivity contribution >= 4 is 0 Å². The summed E-state index contributed by atoms with van der Waals surface area (Å²) in [6.45, 7) is 7.50. The number of rotatable bonds is 2. The maximum Gasteiger partial charge on any atom is 0.0243 e. The van der Waals surface area contributed by atoms with Gasteiger partial charge in [0.2, 0.25) is 0 Å². The number of nitrogens with two attached hydrogens (primary N) is 1. The van der Waals surface area contributed by atoms with Crippen LogP contribution in [0.25, 0.3) is 0 Å². The van der Waals surface area contributed by atoms with Crippen LogP contribution in [-0.2, 0) is 0 Å². The Morgan fingerprint density at radius 1 is 1.56 bits per heavy atom. The molecular formula is C8H13N. The highest BCUT2D eigenvalue weighted by Gasteiger charge is 1.78. The predicted molar refractivity (Wildman–Crippen MR) is 41.9 cm³/mol. The van der Waals surface area contributed by atoms with Crippen molar-refractivity contribution in [3.63, 3.8) is 0 Å². The zero-order valence-electron chi connectivity index (χ0n) is 6.02. The van der Waals surface area contributed by atoms with Crippen LogP contribution >= 0.6 is 0 Å². The average molecular weight is 123 g/mol. The molecule has 0 amide bonds. The molecule has 0 aromatic rings. The van der Waals surface area contributed by atoms with Crippen molar-refractivity contribution < 1.29 is 0 Å². The predicted octanol–water partition coefficient (Wildman–Crippen LogP) is 1.98. The topological polar surface area (TPSA) is 26.0 Å². The monoisotopic (exact) mass is 123 g/mol. The van der Waals surface area contributed by atoms with Crippen molar-refractivity contribution in [1.29, 1.82) is 0 Å². The molecule has 0 aromatic heterocycles. The molecule has 0 radical (unpaired) electrons. The van der Waals surface area contributed by atoms with E-state index in [4.69, 9.17) is 5.73 Å². The highest BCUT2D eigenvalue weighted by atomic mass is 14.5. The van der Waals surface area contributed by atoms with Crippen molar-refractivity contribution in [1.82, 2.24) is 0 Å². The van der Waals surface area contributed by atoms with Gasteiger partial charge < -0.3 is 5.73 Å². The van der Waals surface area contributed by atoms with Crippen LogP contribution < -0.4 is 5.73 Å². The summed E-state index contributed by atoms with van der Waals surface area (Å²) in [7, 11) is 0. The van der Waals surface area contributed by atoms with Crippen LogP contribution in [-0.4, -0.2) is 0 Å². The van der Waals surface area contributed by atoms with E-state index in [0.717, 1.165) is 5.57 Å². The molecule has 0 rings (SSSR count). The SMILES string of the molecule is C=C(N)/C=C(C)\C=C\C. The largest absolute Gasteiger partial charge is 0.399 e. The van der Waals surface area contributed by atoms with Crippen molar-refractivity contribution in [3.05, 3.63) is 36.1 Å². The highest BCUT2D eigenvalue weighted by molar-refractivity contribution is 5.24. The summed E-state index contributed by atoms with van der Waals surface area (Å²) in [6, 6.07) is 0. The van der Waals surface area contributed by atoms with Gasteiger partial charge >= 0.3 is 0 Å². The van der Waals surface area contributed by atoms with Gasteiger partial charge in [-0.3, -0.25) is 0 Å². The van der Waals surface area contributed by atoms with Gasteiger partial charge in [-0.2, -0.15) is 0 Å². The average Bonchev–Trinajstić information content (AvgIpc) is 1.63. The van der Waals surface area contributed by atoms with E-state index in [1.54, 1.807) is 0 Å². The Bertz CT molecular complexity index is 152. The lowest BCUT2D eigenvalue weighted by Gasteiger charge is -1.89. The fourth-order valence-corrected chi connectivity index (χ4v) is 0.603. The first kappa shape index (κ1) is 8.02. The van der Waals surface area contributed by atoms with Gasteiger partial charge in [0.25, 0.3) is 0 Å². The van der Waals surface area contributed by atoms with Crippen molar-refractivity contribution in [3.8, 4) is 0 Å². The van der Waals surface area contributed by atoms with Gasteiger partial charge in [-0.1, -0.05) is 18.7 Å². The molecule has 0 saturated heterocycles. The van der Waals surface area contributed by atoms with Gasteiger partial charge in [0.05, 0.1) is 0 Å². The lowest BCUT2D eigenvalue weighted by Crippen LogP contribution is -1.89. The molecule has 1 heteroatoms. The third-order valence-electron chi connectivity index (χ3n) is 0.843. The van der Waals surface area contributed by atoms with Gasteiger partial charge in [-0.15, -0.1) is 0 Å². The molecule has 0 aromatic carbocycles. The van der Waals surface area contributed by atoms with E-state index in [2.05, 4.69) is 6.58 Å². The molecule has 0 aliphatic carbocycles. The molecule has 0 fully saturated rings. The van der Waals surface area contributed by atoms with Crippen LogP contribution in [0, 0.1) is 0 Å². The molecule has 0 unspecified atom stereocenters. The lowest BCUT2D eigenvalue weighted by atomic mass is 10.2. The molecule has 0 aliphatic heterocycles. The standard InChI is InChI=1S/C8H13N/c1-4-5-7(2)6-8(3)9/h4-6H,3,9H2,1-2H3/b5-4+,7-6-. The minimum Gasteiger partial charge on any atom is -0.399 e. The summed E-state index contributed by atoms with van der Waals surface area (Å²) in [6.07, 6.45) is 5.78. The minimum absolute atomic E-state index is 0.602. The summed E-state index contributed by atoms with van der Waals surface area (Å²) < 4.78 is 0. The van der Waals surface area contributed by atoms with Gasteiger partial charge in [-0.05, 0) is 25.5 Å². The van der Waals surface area contributed by atoms with Gasteiger partial charge in [-0.25, -0.2) is 0 Å². The fraction of sp³-hybridized carbons (Fsp3) is 0.250. The molecule has 0 spiro atoms. The molecule has 50 valence electrons. The van der Waals surface area contributed by atoms with Crippen LogP contribution in [0.3, 0.4) is 0 Å². The van der Waals surface area contributed by atoms with E-state index in [9.17, 15) is 0 Å². The summed E-state index contributed by atoms with van der Waals surface area (Å²) in [5, 5.41) is 0. The Morgan fingerprint density at radius 2 is 2.11 bits per heavy atom. The summed E-state index contributed by atoms with van der Waals surface area (Å²) in [5.41, 5.74) is 7.05. The van der Waals surface area contributed by atoms with E-state index in [1.165, 1.54) is 0 Å². The van der Waals surface area contributed by atoms with E-state index >= 15 is 0 Å². The maximum atomic E-state index is 5.32. The Labute approximate surface area is 56.6 Å². The second-order valence-corrected chi connectivity index (χ2v) is 1.96. The molecule has 0 heterocycles. The van der Waals surface area contributed by atoms with Crippen molar-refractivity contribution in [2.24, 2.45) is 5.73 Å². The molecule has 0 saturated carbocycles. The molecule has 9 heavy (non-hydrogen) atoms. The third-order valence-corrected chi connectivity index (χ3v) is 0.843. The second kappa shape index (κ2) is 3.96. The maximum absolute atomic E-state index is 5.32. The first-order valence-electron chi connectivity index (χ1n) is 2.92. The molecule has 0 aliphatic rings. The second-order valence-electron chi connectivity index (χ2n) is 1.96. The van der Waals surface area contributed by atoms with E-state index in [0.29, 0.717) is 5.70 Å². The molecule has 2 N–H and O–H groups in total. The molecule has 1 nitrogen and oxygen atoms in total. The third kappa shape index (κ3) is 4.88. The summed E-state index contributed by atoms with van der Waals surface area (Å²) in [5.74, 6) is 0. The molecular weight excluding hydrogens is 110 g/mol. The number of hydrogen-bond acceptors (Lipinski definition) is 1. The first-order chi connectivity index (χ1) is 4.16. The first-order valence-corrected chi connectivity index (χ1v) is 2.92. The van der Waals surface area contributed by atoms with E-state index in [1.807, 2.05) is 32.1 Å². The Morgan fingerprint density at radius 3 is 2.44 bits per heavy atom. The van der Waals surface area contributed by atoms with E-state index in [-0.39, 0.29) is 0 Å². The Hall–Kier alpha value is -0.980. The van der Waals surface area contributed by atoms with Crippen LogP contribution in [0.5, 0.6) is 0 Å². The van der Waals surface area contributed by atoms with Gasteiger partial charge in [0.15, 0.2) is 0 Å². The van der Waals surface area contributed by atoms with E-state index < -0.39 is 0 Å². The van der Waals surface area contributed by atoms with Gasteiger partial charge in [0.1, 0.15) is 0 Å². The number of hydrogen-bond donors (Lipinski definition) is 1. The fourth-order valence-electron chi connectivity index (χ4n) is 0.603. The molecule has 0 atom stereocenters. The van der Waals surface area contributed by atoms with Crippen molar-refractivity contribution in [2.45, 2.75) is 13.8 Å². The Kier molecular flexibility index (Phi) is 3.52. The van der Waals surface area contributed by atoms with Crippen LogP contribution in [0.2, 0.25) is 0 Å². The highest BCUT2D eigenvalue weighted by Crippen LogP contribution is 1.96.